The van der Waals surface area contributed by atoms with Gasteiger partial charge in [0.25, 0.3) is 0 Å². The molecule has 0 aliphatic rings. The summed E-state index contributed by atoms with van der Waals surface area (Å²) in [4.78, 5) is 0.181. The van der Waals surface area contributed by atoms with Crippen LogP contribution in [0.4, 0.5) is 5.69 Å². The minimum Gasteiger partial charge on any atom is -0.573 e. The zero-order valence-electron chi connectivity index (χ0n) is 12.1. The Morgan fingerprint density at radius 1 is 0.696 bits per heavy atom. The summed E-state index contributed by atoms with van der Waals surface area (Å²) in [5, 5.41) is 0. The van der Waals surface area contributed by atoms with Crippen molar-refractivity contribution in [3.8, 4) is 11.1 Å². The van der Waals surface area contributed by atoms with Gasteiger partial charge in [-0.15, -0.1) is 5.69 Å². The topological polar surface area (TPSA) is 48.2 Å². The van der Waals surface area contributed by atoms with E-state index in [1.165, 1.54) is 0 Å². The number of rotatable bonds is 4. The zero-order valence-corrected chi connectivity index (χ0v) is 14.5. The first-order valence-electron chi connectivity index (χ1n) is 6.94. The highest BCUT2D eigenvalue weighted by molar-refractivity contribution is 9.10. The molecule has 0 radical (unpaired) electrons. The largest absolute Gasteiger partial charge is 0.573 e. The molecule has 0 atom stereocenters. The molecule has 0 unspecified atom stereocenters. The van der Waals surface area contributed by atoms with Gasteiger partial charge in [0.05, 0.1) is 4.90 Å². The van der Waals surface area contributed by atoms with Gasteiger partial charge in [0.15, 0.2) is 0 Å². The third-order valence-corrected chi connectivity index (χ3v) is 5.16. The molecule has 23 heavy (non-hydrogen) atoms. The van der Waals surface area contributed by atoms with Gasteiger partial charge < -0.3 is 4.72 Å². The highest BCUT2D eigenvalue weighted by Crippen LogP contribution is 2.30. The molecule has 0 aromatic heterocycles. The van der Waals surface area contributed by atoms with Crippen LogP contribution in [-0.4, -0.2) is 8.42 Å². The van der Waals surface area contributed by atoms with Gasteiger partial charge in [-0.05, 0) is 35.4 Å². The van der Waals surface area contributed by atoms with E-state index < -0.39 is 10.0 Å². The number of hydrogen-bond acceptors (Lipinski definition) is 2. The predicted octanol–water partition coefficient (Wildman–Crippen LogP) is 5.51. The van der Waals surface area contributed by atoms with E-state index in [4.69, 9.17) is 0 Å². The minimum absolute atomic E-state index is 0.181. The summed E-state index contributed by atoms with van der Waals surface area (Å²) in [7, 11) is -3.72. The Morgan fingerprint density at radius 2 is 1.26 bits per heavy atom. The van der Waals surface area contributed by atoms with Gasteiger partial charge in [-0.25, -0.2) is 8.42 Å². The lowest BCUT2D eigenvalue weighted by atomic mass is 10.1. The molecule has 3 rings (SSSR count). The van der Waals surface area contributed by atoms with Crippen LogP contribution in [0.1, 0.15) is 0 Å². The molecule has 5 heteroatoms. The van der Waals surface area contributed by atoms with E-state index in [2.05, 4.69) is 20.7 Å². The quantitative estimate of drug-likeness (QED) is 0.593. The average molecular weight is 387 g/mol. The second-order valence-corrected chi connectivity index (χ2v) is 7.45. The first-order valence-corrected chi connectivity index (χ1v) is 9.17. The molecule has 0 saturated carbocycles. The van der Waals surface area contributed by atoms with Gasteiger partial charge in [0.1, 0.15) is 10.0 Å². The summed E-state index contributed by atoms with van der Waals surface area (Å²) in [5.41, 5.74) is 2.41. The third-order valence-electron chi connectivity index (χ3n) is 3.31. The van der Waals surface area contributed by atoms with Gasteiger partial charge in [0, 0.05) is 4.47 Å². The number of halogens is 1. The van der Waals surface area contributed by atoms with Crippen LogP contribution in [0.15, 0.2) is 88.2 Å². The van der Waals surface area contributed by atoms with E-state index in [0.29, 0.717) is 5.69 Å². The van der Waals surface area contributed by atoms with Crippen LogP contribution in [0.3, 0.4) is 0 Å². The highest BCUT2D eigenvalue weighted by Gasteiger charge is 2.05. The van der Waals surface area contributed by atoms with Crippen LogP contribution in [-0.2, 0) is 10.0 Å². The molecular weight excluding hydrogens is 374 g/mol. The molecule has 0 aliphatic heterocycles. The summed E-state index contributed by atoms with van der Waals surface area (Å²) in [5.74, 6) is 0. The van der Waals surface area contributed by atoms with Gasteiger partial charge in [0.2, 0.25) is 0 Å². The molecule has 116 valence electrons. The van der Waals surface area contributed by atoms with Gasteiger partial charge >= 0.3 is 0 Å². The summed E-state index contributed by atoms with van der Waals surface area (Å²) < 4.78 is 29.4. The maximum absolute atomic E-state index is 12.4. The predicted molar refractivity (Wildman–Crippen MR) is 96.2 cm³/mol. The van der Waals surface area contributed by atoms with Crippen LogP contribution in [0.25, 0.3) is 15.8 Å². The Labute approximate surface area is 144 Å². The Hall–Kier alpha value is -2.11. The molecule has 0 spiro atoms. The summed E-state index contributed by atoms with van der Waals surface area (Å²) in [6.45, 7) is 0. The molecular formula is C18H13BrNO2S-. The normalized spacial score (nSPS) is 11.2. The van der Waals surface area contributed by atoms with E-state index in [0.717, 1.165) is 15.6 Å². The van der Waals surface area contributed by atoms with Crippen LogP contribution < -0.4 is 0 Å². The van der Waals surface area contributed by atoms with Crippen molar-refractivity contribution in [2.45, 2.75) is 4.90 Å². The van der Waals surface area contributed by atoms with Crippen LogP contribution in [0.2, 0.25) is 0 Å². The molecule has 3 aromatic rings. The van der Waals surface area contributed by atoms with Crippen molar-refractivity contribution in [2.75, 3.05) is 0 Å². The third kappa shape index (κ3) is 3.81. The molecule has 0 N–H and O–H groups in total. The second kappa shape index (κ2) is 6.56. The molecule has 3 aromatic carbocycles. The number of sulfonamides is 1. The van der Waals surface area contributed by atoms with Crippen molar-refractivity contribution < 1.29 is 8.42 Å². The van der Waals surface area contributed by atoms with E-state index in [1.54, 1.807) is 48.5 Å². The molecule has 0 fully saturated rings. The number of hydrogen-bond donors (Lipinski definition) is 0. The van der Waals surface area contributed by atoms with Crippen molar-refractivity contribution in [2.24, 2.45) is 0 Å². The van der Waals surface area contributed by atoms with Crippen LogP contribution in [0.5, 0.6) is 0 Å². The lowest BCUT2D eigenvalue weighted by Gasteiger charge is -2.22. The molecule has 3 nitrogen and oxygen atoms in total. The van der Waals surface area contributed by atoms with Crippen molar-refractivity contribution in [3.05, 3.63) is 88.1 Å². The summed E-state index contributed by atoms with van der Waals surface area (Å²) in [6.07, 6.45) is 0. The summed E-state index contributed by atoms with van der Waals surface area (Å²) >= 11 is 3.31. The lowest BCUT2D eigenvalue weighted by molar-refractivity contribution is 0.603. The second-order valence-electron chi connectivity index (χ2n) is 4.93. The highest BCUT2D eigenvalue weighted by atomic mass is 79.9. The average Bonchev–Trinajstić information content (AvgIpc) is 2.58. The lowest BCUT2D eigenvalue weighted by Crippen LogP contribution is -1.97. The molecule has 0 aliphatic carbocycles. The van der Waals surface area contributed by atoms with E-state index in [1.807, 2.05) is 30.3 Å². The van der Waals surface area contributed by atoms with Gasteiger partial charge in [-0.3, -0.25) is 0 Å². The maximum atomic E-state index is 12.4. The summed E-state index contributed by atoms with van der Waals surface area (Å²) in [6, 6.07) is 23.4. The smallest absolute Gasteiger partial charge is 0.123 e. The van der Waals surface area contributed by atoms with Gasteiger partial charge in [-0.1, -0.05) is 70.5 Å². The number of nitrogens with zero attached hydrogens (tertiary/aromatic N) is 1. The first kappa shape index (κ1) is 15.8. The number of benzene rings is 3. The zero-order chi connectivity index (χ0) is 16.3. The van der Waals surface area contributed by atoms with E-state index >= 15 is 0 Å². The SMILES string of the molecule is O=S(=O)([N-]c1ccc(Br)cc1)c1ccc(-c2ccccc2)cc1. The van der Waals surface area contributed by atoms with Crippen molar-refractivity contribution >= 4 is 31.6 Å². The van der Waals surface area contributed by atoms with Crippen molar-refractivity contribution in [1.82, 2.24) is 0 Å². The maximum Gasteiger partial charge on any atom is 0.123 e. The van der Waals surface area contributed by atoms with Crippen LogP contribution in [0, 0.1) is 0 Å². The molecule has 0 heterocycles. The Kier molecular flexibility index (Phi) is 4.50. The van der Waals surface area contributed by atoms with Gasteiger partial charge in [-0.2, -0.15) is 0 Å². The fourth-order valence-electron chi connectivity index (χ4n) is 2.14. The van der Waals surface area contributed by atoms with Crippen molar-refractivity contribution in [3.63, 3.8) is 0 Å². The Balaban J connectivity index is 1.84. The molecule has 0 amide bonds. The monoisotopic (exact) mass is 386 g/mol. The van der Waals surface area contributed by atoms with E-state index in [-0.39, 0.29) is 4.90 Å². The van der Waals surface area contributed by atoms with Crippen LogP contribution >= 0.6 is 15.9 Å². The standard InChI is InChI=1S/C18H13BrNO2S/c19-16-8-10-17(11-9-16)20-23(21,22)18-12-6-15(7-13-18)14-4-2-1-3-5-14/h1-13H/q-1. The van der Waals surface area contributed by atoms with Crippen molar-refractivity contribution in [1.29, 1.82) is 0 Å². The van der Waals surface area contributed by atoms with E-state index in [9.17, 15) is 8.42 Å². The molecule has 0 bridgehead atoms. The fourth-order valence-corrected chi connectivity index (χ4v) is 3.39. The molecule has 0 saturated heterocycles. The minimum atomic E-state index is -3.72. The Bertz CT molecular complexity index is 890. The fraction of sp³-hybridized carbons (Fsp3) is 0. The Morgan fingerprint density at radius 3 is 1.87 bits per heavy atom. The first-order chi connectivity index (χ1) is 11.0.